The van der Waals surface area contributed by atoms with Crippen LogP contribution >= 0.6 is 11.3 Å². The maximum atomic E-state index is 12.1. The average Bonchev–Trinajstić information content (AvgIpc) is 3.01. The zero-order chi connectivity index (χ0) is 17.1. The van der Waals surface area contributed by atoms with Gasteiger partial charge < -0.3 is 5.11 Å². The van der Waals surface area contributed by atoms with Crippen LogP contribution in [0.4, 0.5) is 0 Å². The molecule has 2 heterocycles. The smallest absolute Gasteiger partial charge is 0.310 e. The maximum Gasteiger partial charge on any atom is 0.310 e. The summed E-state index contributed by atoms with van der Waals surface area (Å²) in [5.41, 5.74) is 0.882. The van der Waals surface area contributed by atoms with Crippen molar-refractivity contribution in [2.75, 3.05) is 0 Å². The standard InChI is InChI=1S/C16H11N3O4S/c20-11(12-14(21)18-16(23)24-15(12)22)7-6-10-8-17-19-13(10)9-4-2-1-3-5-9/h1-8,22H,(H,17,19)(H,18,21,23). The van der Waals surface area contributed by atoms with Gasteiger partial charge in [-0.05, 0) is 23.5 Å². The molecule has 0 saturated carbocycles. The van der Waals surface area contributed by atoms with E-state index in [1.165, 1.54) is 6.08 Å². The number of aromatic nitrogens is 3. The summed E-state index contributed by atoms with van der Waals surface area (Å²) >= 11 is 0.396. The first-order valence-corrected chi connectivity index (χ1v) is 7.65. The summed E-state index contributed by atoms with van der Waals surface area (Å²) in [5, 5.41) is 15.9. The molecule has 3 N–H and O–H groups in total. The Balaban J connectivity index is 1.93. The Labute approximate surface area is 138 Å². The van der Waals surface area contributed by atoms with Gasteiger partial charge in [-0.2, -0.15) is 5.10 Å². The highest BCUT2D eigenvalue weighted by Crippen LogP contribution is 2.22. The number of aromatic hydroxyl groups is 1. The second-order valence-corrected chi connectivity index (χ2v) is 5.75. The monoisotopic (exact) mass is 341 g/mol. The number of ketones is 1. The van der Waals surface area contributed by atoms with Gasteiger partial charge >= 0.3 is 4.87 Å². The van der Waals surface area contributed by atoms with E-state index in [4.69, 9.17) is 0 Å². The molecule has 0 bridgehead atoms. The summed E-state index contributed by atoms with van der Waals surface area (Å²) in [7, 11) is 0. The summed E-state index contributed by atoms with van der Waals surface area (Å²) in [6.45, 7) is 0. The molecule has 120 valence electrons. The minimum Gasteiger partial charge on any atom is -0.499 e. The predicted octanol–water partition coefficient (Wildman–Crippen LogP) is 1.79. The van der Waals surface area contributed by atoms with Crippen LogP contribution in [0.1, 0.15) is 15.9 Å². The second kappa shape index (κ2) is 6.47. The van der Waals surface area contributed by atoms with E-state index < -0.39 is 26.8 Å². The Bertz CT molecular complexity index is 1030. The van der Waals surface area contributed by atoms with Crippen LogP contribution in [0.3, 0.4) is 0 Å². The van der Waals surface area contributed by atoms with Crippen molar-refractivity contribution in [3.63, 3.8) is 0 Å². The molecule has 0 aliphatic heterocycles. The molecule has 7 nitrogen and oxygen atoms in total. The van der Waals surface area contributed by atoms with Crippen LogP contribution in [0, 0.1) is 0 Å². The Morgan fingerprint density at radius 3 is 2.67 bits per heavy atom. The molecule has 8 heteroatoms. The fourth-order valence-electron chi connectivity index (χ4n) is 2.14. The lowest BCUT2D eigenvalue weighted by atomic mass is 10.1. The van der Waals surface area contributed by atoms with Gasteiger partial charge in [-0.25, -0.2) is 0 Å². The summed E-state index contributed by atoms with van der Waals surface area (Å²) in [4.78, 5) is 36.2. The molecule has 0 spiro atoms. The number of nitrogens with one attached hydrogen (secondary N) is 2. The molecule has 0 radical (unpaired) electrons. The fraction of sp³-hybridized carbons (Fsp3) is 0. The van der Waals surface area contributed by atoms with Crippen molar-refractivity contribution in [3.05, 3.63) is 73.8 Å². The largest absolute Gasteiger partial charge is 0.499 e. The van der Waals surface area contributed by atoms with Crippen molar-refractivity contribution < 1.29 is 9.90 Å². The van der Waals surface area contributed by atoms with E-state index in [1.54, 1.807) is 6.20 Å². The van der Waals surface area contributed by atoms with Gasteiger partial charge in [0.2, 0.25) is 0 Å². The predicted molar refractivity (Wildman–Crippen MR) is 90.3 cm³/mol. The first-order chi connectivity index (χ1) is 11.6. The number of benzene rings is 1. The highest BCUT2D eigenvalue weighted by atomic mass is 32.1. The normalized spacial score (nSPS) is 11.0. The number of rotatable bonds is 4. The third-order valence-corrected chi connectivity index (χ3v) is 3.92. The van der Waals surface area contributed by atoms with E-state index in [1.807, 2.05) is 35.3 Å². The van der Waals surface area contributed by atoms with E-state index in [0.717, 1.165) is 17.3 Å². The van der Waals surface area contributed by atoms with E-state index in [0.29, 0.717) is 16.9 Å². The van der Waals surface area contributed by atoms with E-state index in [2.05, 4.69) is 10.2 Å². The van der Waals surface area contributed by atoms with Crippen molar-refractivity contribution >= 4 is 23.2 Å². The Kier molecular flexibility index (Phi) is 4.21. The van der Waals surface area contributed by atoms with Crippen molar-refractivity contribution in [2.45, 2.75) is 0 Å². The third-order valence-electron chi connectivity index (χ3n) is 3.24. The van der Waals surface area contributed by atoms with Crippen LogP contribution in [0.2, 0.25) is 0 Å². The number of carbonyl (C=O) groups excluding carboxylic acids is 1. The molecule has 0 fully saturated rings. The lowest BCUT2D eigenvalue weighted by molar-refractivity contribution is 0.104. The number of allylic oxidation sites excluding steroid dienone is 1. The summed E-state index contributed by atoms with van der Waals surface area (Å²) < 4.78 is 0. The molecule has 24 heavy (non-hydrogen) atoms. The highest BCUT2D eigenvalue weighted by Gasteiger charge is 2.15. The molecule has 1 aromatic carbocycles. The molecular weight excluding hydrogens is 330 g/mol. The van der Waals surface area contributed by atoms with Gasteiger partial charge in [0.15, 0.2) is 10.8 Å². The Hall–Kier alpha value is -3.26. The number of aromatic amines is 2. The zero-order valence-electron chi connectivity index (χ0n) is 12.1. The Morgan fingerprint density at radius 2 is 1.96 bits per heavy atom. The maximum absolute atomic E-state index is 12.1. The summed E-state index contributed by atoms with van der Waals surface area (Å²) in [5.74, 6) is -0.704. The first-order valence-electron chi connectivity index (χ1n) is 6.84. The van der Waals surface area contributed by atoms with Gasteiger partial charge in [0.05, 0.1) is 11.9 Å². The van der Waals surface area contributed by atoms with Crippen LogP contribution in [0.5, 0.6) is 5.06 Å². The topological polar surface area (TPSA) is 116 Å². The molecule has 0 unspecified atom stereocenters. The first kappa shape index (κ1) is 15.6. The van der Waals surface area contributed by atoms with E-state index >= 15 is 0 Å². The van der Waals surface area contributed by atoms with Crippen molar-refractivity contribution in [2.24, 2.45) is 0 Å². The average molecular weight is 341 g/mol. The molecule has 0 amide bonds. The second-order valence-electron chi connectivity index (χ2n) is 4.79. The van der Waals surface area contributed by atoms with Crippen molar-refractivity contribution in [3.8, 4) is 16.3 Å². The number of nitrogens with zero attached hydrogens (tertiary/aromatic N) is 1. The van der Waals surface area contributed by atoms with Crippen LogP contribution < -0.4 is 10.4 Å². The van der Waals surface area contributed by atoms with E-state index in [9.17, 15) is 19.5 Å². The van der Waals surface area contributed by atoms with E-state index in [-0.39, 0.29) is 0 Å². The van der Waals surface area contributed by atoms with Gasteiger partial charge in [-0.15, -0.1) is 0 Å². The molecule has 3 aromatic rings. The number of carbonyl (C=O) groups is 1. The molecule has 2 aromatic heterocycles. The molecule has 0 aliphatic carbocycles. The van der Waals surface area contributed by atoms with Gasteiger partial charge in [0.1, 0.15) is 5.56 Å². The SMILES string of the molecule is O=C(C=Cc1cn[nH]c1-c1ccccc1)c1c(O)sc(=O)[nH]c1=O. The number of hydrogen-bond donors (Lipinski definition) is 3. The number of hydrogen-bond acceptors (Lipinski definition) is 6. The van der Waals surface area contributed by atoms with Gasteiger partial charge in [-0.3, -0.25) is 24.5 Å². The van der Waals surface area contributed by atoms with Crippen LogP contribution in [0.15, 0.2) is 52.2 Å². The number of H-pyrrole nitrogens is 2. The van der Waals surface area contributed by atoms with Crippen molar-refractivity contribution in [1.29, 1.82) is 0 Å². The van der Waals surface area contributed by atoms with Gasteiger partial charge in [0.25, 0.3) is 5.56 Å². The van der Waals surface area contributed by atoms with Crippen LogP contribution in [0.25, 0.3) is 17.3 Å². The summed E-state index contributed by atoms with van der Waals surface area (Å²) in [6.07, 6.45) is 4.18. The summed E-state index contributed by atoms with van der Waals surface area (Å²) in [6, 6.07) is 9.40. The molecule has 0 atom stereocenters. The zero-order valence-corrected chi connectivity index (χ0v) is 13.0. The lowest BCUT2D eigenvalue weighted by Crippen LogP contribution is -2.22. The van der Waals surface area contributed by atoms with Gasteiger partial charge in [0, 0.05) is 11.1 Å². The highest BCUT2D eigenvalue weighted by molar-refractivity contribution is 7.11. The Morgan fingerprint density at radius 1 is 1.21 bits per heavy atom. The third kappa shape index (κ3) is 3.08. The fourth-order valence-corrected chi connectivity index (χ4v) is 2.76. The van der Waals surface area contributed by atoms with Crippen LogP contribution in [-0.4, -0.2) is 26.1 Å². The lowest BCUT2D eigenvalue weighted by Gasteiger charge is -1.99. The minimum atomic E-state index is -0.915. The van der Waals surface area contributed by atoms with Crippen molar-refractivity contribution in [1.82, 2.24) is 15.2 Å². The molecule has 0 saturated heterocycles. The van der Waals surface area contributed by atoms with Crippen LogP contribution in [-0.2, 0) is 0 Å². The molecule has 0 aliphatic rings. The minimum absolute atomic E-state index is 0.396. The van der Waals surface area contributed by atoms with Gasteiger partial charge in [-0.1, -0.05) is 30.3 Å². The molecule has 3 rings (SSSR count). The quantitative estimate of drug-likeness (QED) is 0.494. The molecular formula is C16H11N3O4S.